The summed E-state index contributed by atoms with van der Waals surface area (Å²) >= 11 is 0. The van der Waals surface area contributed by atoms with Crippen LogP contribution >= 0.6 is 0 Å². The first-order valence-corrected chi connectivity index (χ1v) is 4.54. The van der Waals surface area contributed by atoms with Gasteiger partial charge in [-0.25, -0.2) is 0 Å². The van der Waals surface area contributed by atoms with E-state index in [9.17, 15) is 9.59 Å². The van der Waals surface area contributed by atoms with E-state index >= 15 is 0 Å². The van der Waals surface area contributed by atoms with Gasteiger partial charge >= 0.3 is 0 Å². The topological polar surface area (TPSA) is 72.2 Å². The second-order valence-corrected chi connectivity index (χ2v) is 3.20. The average molecular weight is 186 g/mol. The summed E-state index contributed by atoms with van der Waals surface area (Å²) in [5, 5.41) is 2.68. The summed E-state index contributed by atoms with van der Waals surface area (Å²) in [6.07, 6.45) is 2.45. The number of rotatable bonds is 6. The maximum atomic E-state index is 10.7. The molecule has 1 amide bonds. The molecule has 13 heavy (non-hydrogen) atoms. The van der Waals surface area contributed by atoms with E-state index in [1.165, 1.54) is 13.8 Å². The van der Waals surface area contributed by atoms with Crippen LogP contribution in [-0.2, 0) is 9.59 Å². The van der Waals surface area contributed by atoms with Gasteiger partial charge in [0, 0.05) is 13.5 Å². The van der Waals surface area contributed by atoms with E-state index < -0.39 is 0 Å². The molecule has 0 saturated heterocycles. The van der Waals surface area contributed by atoms with Crippen molar-refractivity contribution in [1.29, 1.82) is 0 Å². The van der Waals surface area contributed by atoms with Crippen LogP contribution in [0, 0.1) is 0 Å². The maximum absolute atomic E-state index is 10.7. The smallest absolute Gasteiger partial charge is 0.216 e. The van der Waals surface area contributed by atoms with E-state index in [0.29, 0.717) is 13.0 Å². The van der Waals surface area contributed by atoms with E-state index in [4.69, 9.17) is 5.73 Å². The maximum Gasteiger partial charge on any atom is 0.216 e. The van der Waals surface area contributed by atoms with Crippen LogP contribution in [0.5, 0.6) is 0 Å². The molecule has 0 radical (unpaired) electrons. The van der Waals surface area contributed by atoms with E-state index in [-0.39, 0.29) is 17.7 Å². The number of nitrogens with two attached hydrogens (primary N) is 1. The molecule has 0 aliphatic heterocycles. The minimum Gasteiger partial charge on any atom is -0.356 e. The fraction of sp³-hybridized carbons (Fsp3) is 0.778. The van der Waals surface area contributed by atoms with Crippen LogP contribution in [0.2, 0.25) is 0 Å². The normalized spacial score (nSPS) is 12.2. The van der Waals surface area contributed by atoms with Gasteiger partial charge in [0.1, 0.15) is 5.78 Å². The summed E-state index contributed by atoms with van der Waals surface area (Å²) in [5.41, 5.74) is 5.52. The monoisotopic (exact) mass is 186 g/mol. The largest absolute Gasteiger partial charge is 0.356 e. The van der Waals surface area contributed by atoms with Crippen molar-refractivity contribution in [2.45, 2.75) is 39.2 Å². The standard InChI is InChI=1S/C9H18N2O2/c1-7(12)9(10)5-3-4-6-11-8(2)13/h9H,3-6,10H2,1-2H3,(H,11,13)/t9-/m0/s1. The molecule has 4 nitrogen and oxygen atoms in total. The van der Waals surface area contributed by atoms with Gasteiger partial charge in [-0.2, -0.15) is 0 Å². The van der Waals surface area contributed by atoms with Crippen molar-refractivity contribution in [3.8, 4) is 0 Å². The Labute approximate surface area is 78.9 Å². The highest BCUT2D eigenvalue weighted by molar-refractivity contribution is 5.81. The Morgan fingerprint density at radius 2 is 1.92 bits per heavy atom. The lowest BCUT2D eigenvalue weighted by Gasteiger charge is -2.06. The zero-order valence-corrected chi connectivity index (χ0v) is 8.30. The van der Waals surface area contributed by atoms with Crippen LogP contribution in [0.4, 0.5) is 0 Å². The Balaban J connectivity index is 3.26. The second kappa shape index (κ2) is 6.60. The Hall–Kier alpha value is -0.900. The summed E-state index contributed by atoms with van der Waals surface area (Å²) in [6, 6.07) is -0.336. The number of carbonyl (C=O) groups is 2. The third-order valence-electron chi connectivity index (χ3n) is 1.84. The van der Waals surface area contributed by atoms with Gasteiger partial charge in [0.2, 0.25) is 5.91 Å². The highest BCUT2D eigenvalue weighted by Crippen LogP contribution is 1.98. The molecule has 0 unspecified atom stereocenters. The highest BCUT2D eigenvalue weighted by atomic mass is 16.1. The molecule has 0 aromatic heterocycles. The molecule has 0 rings (SSSR count). The molecule has 0 heterocycles. The Morgan fingerprint density at radius 1 is 1.31 bits per heavy atom. The third kappa shape index (κ3) is 7.46. The Morgan fingerprint density at radius 3 is 2.38 bits per heavy atom. The highest BCUT2D eigenvalue weighted by Gasteiger charge is 2.06. The molecule has 0 spiro atoms. The lowest BCUT2D eigenvalue weighted by molar-refractivity contribution is -0.119. The van der Waals surface area contributed by atoms with Crippen LogP contribution in [0.1, 0.15) is 33.1 Å². The Kier molecular flexibility index (Phi) is 6.14. The average Bonchev–Trinajstić information content (AvgIpc) is 2.02. The van der Waals surface area contributed by atoms with Crippen molar-refractivity contribution >= 4 is 11.7 Å². The molecule has 0 bridgehead atoms. The molecule has 4 heteroatoms. The van der Waals surface area contributed by atoms with Crippen LogP contribution < -0.4 is 11.1 Å². The number of amides is 1. The van der Waals surface area contributed by atoms with Gasteiger partial charge in [-0.1, -0.05) is 0 Å². The minimum atomic E-state index is -0.336. The lowest BCUT2D eigenvalue weighted by Crippen LogP contribution is -2.28. The predicted octanol–water partition coefficient (Wildman–Crippen LogP) is 0.209. The van der Waals surface area contributed by atoms with Crippen LogP contribution in [0.25, 0.3) is 0 Å². The molecular weight excluding hydrogens is 168 g/mol. The molecule has 0 fully saturated rings. The number of nitrogens with one attached hydrogen (secondary N) is 1. The molecule has 0 saturated carbocycles. The van der Waals surface area contributed by atoms with Gasteiger partial charge in [0.25, 0.3) is 0 Å². The van der Waals surface area contributed by atoms with Gasteiger partial charge in [0.15, 0.2) is 0 Å². The number of unbranched alkanes of at least 4 members (excludes halogenated alkanes) is 1. The first kappa shape index (κ1) is 12.1. The van der Waals surface area contributed by atoms with Crippen molar-refractivity contribution in [3.05, 3.63) is 0 Å². The van der Waals surface area contributed by atoms with Gasteiger partial charge in [-0.05, 0) is 26.2 Å². The number of ketones is 1. The van der Waals surface area contributed by atoms with Gasteiger partial charge < -0.3 is 11.1 Å². The molecular formula is C9H18N2O2. The quantitative estimate of drug-likeness (QED) is 0.582. The SMILES string of the molecule is CC(=O)NCCCC[C@H](N)C(C)=O. The molecule has 1 atom stereocenters. The van der Waals surface area contributed by atoms with Gasteiger partial charge in [-0.15, -0.1) is 0 Å². The molecule has 3 N–H and O–H groups in total. The number of hydrogen-bond acceptors (Lipinski definition) is 3. The van der Waals surface area contributed by atoms with Gasteiger partial charge in [-0.3, -0.25) is 9.59 Å². The summed E-state index contributed by atoms with van der Waals surface area (Å²) in [6.45, 7) is 3.65. The zero-order valence-electron chi connectivity index (χ0n) is 8.30. The van der Waals surface area contributed by atoms with Crippen molar-refractivity contribution in [2.75, 3.05) is 6.54 Å². The zero-order chi connectivity index (χ0) is 10.3. The summed E-state index contributed by atoms with van der Waals surface area (Å²) in [4.78, 5) is 21.2. The van der Waals surface area contributed by atoms with Crippen molar-refractivity contribution in [2.24, 2.45) is 5.73 Å². The molecule has 76 valence electrons. The summed E-state index contributed by atoms with van der Waals surface area (Å²) in [5.74, 6) is 0.00962. The fourth-order valence-electron chi connectivity index (χ4n) is 0.957. The van der Waals surface area contributed by atoms with E-state index in [2.05, 4.69) is 5.32 Å². The van der Waals surface area contributed by atoms with Crippen LogP contribution in [0.15, 0.2) is 0 Å². The first-order chi connectivity index (χ1) is 6.04. The number of carbonyl (C=O) groups excluding carboxylic acids is 2. The van der Waals surface area contributed by atoms with Crippen LogP contribution in [0.3, 0.4) is 0 Å². The lowest BCUT2D eigenvalue weighted by atomic mass is 10.1. The van der Waals surface area contributed by atoms with Crippen molar-refractivity contribution in [1.82, 2.24) is 5.32 Å². The third-order valence-corrected chi connectivity index (χ3v) is 1.84. The summed E-state index contributed by atoms with van der Waals surface area (Å²) < 4.78 is 0. The molecule has 0 aliphatic carbocycles. The Bertz CT molecular complexity index is 180. The minimum absolute atomic E-state index is 0.0177. The van der Waals surface area contributed by atoms with Crippen LogP contribution in [-0.4, -0.2) is 24.3 Å². The first-order valence-electron chi connectivity index (χ1n) is 4.54. The molecule has 0 aromatic rings. The predicted molar refractivity (Wildman–Crippen MR) is 51.2 cm³/mol. The van der Waals surface area contributed by atoms with E-state index in [1.54, 1.807) is 0 Å². The van der Waals surface area contributed by atoms with Crippen molar-refractivity contribution < 1.29 is 9.59 Å². The number of Topliss-reactive ketones (excluding diaryl/α,β-unsaturated/α-hetero) is 1. The molecule has 0 aliphatic rings. The van der Waals surface area contributed by atoms with E-state index in [1.807, 2.05) is 0 Å². The van der Waals surface area contributed by atoms with E-state index in [0.717, 1.165) is 12.8 Å². The van der Waals surface area contributed by atoms with Crippen molar-refractivity contribution in [3.63, 3.8) is 0 Å². The molecule has 0 aromatic carbocycles. The second-order valence-electron chi connectivity index (χ2n) is 3.20. The number of hydrogen-bond donors (Lipinski definition) is 2. The van der Waals surface area contributed by atoms with Gasteiger partial charge in [0.05, 0.1) is 6.04 Å². The fourth-order valence-corrected chi connectivity index (χ4v) is 0.957. The summed E-state index contributed by atoms with van der Waals surface area (Å²) in [7, 11) is 0.